The fourth-order valence-corrected chi connectivity index (χ4v) is 4.11. The predicted octanol–water partition coefficient (Wildman–Crippen LogP) is 5.54. The molecule has 1 atom stereocenters. The van der Waals surface area contributed by atoms with Gasteiger partial charge in [-0.15, -0.1) is 0 Å². The molecule has 0 aliphatic carbocycles. The average Bonchev–Trinajstić information content (AvgIpc) is 2.89. The summed E-state index contributed by atoms with van der Waals surface area (Å²) in [6, 6.07) is 14.4. The monoisotopic (exact) mass is 540 g/mol. The summed E-state index contributed by atoms with van der Waals surface area (Å²) in [6.07, 6.45) is 3.22. The Morgan fingerprint density at radius 2 is 1.82 bits per heavy atom. The van der Waals surface area contributed by atoms with Gasteiger partial charge in [0.25, 0.3) is 5.56 Å². The number of rotatable bonds is 8. The number of ether oxygens (including phenoxy) is 3. The van der Waals surface area contributed by atoms with Crippen molar-refractivity contribution in [3.63, 3.8) is 0 Å². The van der Waals surface area contributed by atoms with Gasteiger partial charge >= 0.3 is 6.09 Å². The van der Waals surface area contributed by atoms with Crippen LogP contribution in [-0.4, -0.2) is 41.2 Å². The summed E-state index contributed by atoms with van der Waals surface area (Å²) in [5, 5.41) is 10.3. The maximum Gasteiger partial charge on any atom is 0.407 e. The zero-order valence-corrected chi connectivity index (χ0v) is 22.6. The zero-order chi connectivity index (χ0) is 27.1. The Morgan fingerprint density at radius 3 is 2.45 bits per heavy atom. The van der Waals surface area contributed by atoms with Crippen molar-refractivity contribution in [2.24, 2.45) is 5.92 Å². The molecule has 4 rings (SSSR count). The standard InChI is InChI=1S/C28H33ClN4O5/c1-28(2,3)38-27(35)31-15-19-6-10-22(11-7-19)37-23-12-8-21(9-13-23)33-26(34)25(29)24(17-32-33)30-16-20-5-4-14-36-18-20/h6-13,17,20,30H,4-5,14-16,18H2,1-3H3,(H,31,35)/t20-/m1/s1. The van der Waals surface area contributed by atoms with Crippen LogP contribution in [0.25, 0.3) is 5.69 Å². The molecular weight excluding hydrogens is 508 g/mol. The highest BCUT2D eigenvalue weighted by molar-refractivity contribution is 6.32. The number of alkyl carbamates (subject to hydrolysis) is 1. The summed E-state index contributed by atoms with van der Waals surface area (Å²) in [5.41, 5.74) is 1.05. The third kappa shape index (κ3) is 7.72. The second-order valence-corrected chi connectivity index (χ2v) is 10.5. The van der Waals surface area contributed by atoms with Gasteiger partial charge in [0, 0.05) is 19.7 Å². The minimum absolute atomic E-state index is 0.0957. The molecule has 1 aliphatic heterocycles. The highest BCUT2D eigenvalue weighted by Gasteiger charge is 2.17. The quantitative estimate of drug-likeness (QED) is 0.386. The van der Waals surface area contributed by atoms with Crippen LogP contribution in [0.3, 0.4) is 0 Å². The van der Waals surface area contributed by atoms with Crippen LogP contribution < -0.4 is 20.9 Å². The van der Waals surface area contributed by atoms with Crippen LogP contribution in [0.5, 0.6) is 11.5 Å². The van der Waals surface area contributed by atoms with Crippen LogP contribution in [0.15, 0.2) is 59.5 Å². The zero-order valence-electron chi connectivity index (χ0n) is 21.8. The average molecular weight is 541 g/mol. The van der Waals surface area contributed by atoms with Crippen molar-refractivity contribution in [1.29, 1.82) is 0 Å². The van der Waals surface area contributed by atoms with Crippen LogP contribution in [0, 0.1) is 5.92 Å². The van der Waals surface area contributed by atoms with Gasteiger partial charge in [0.1, 0.15) is 22.1 Å². The van der Waals surface area contributed by atoms with E-state index in [1.807, 2.05) is 45.0 Å². The van der Waals surface area contributed by atoms with Crippen LogP contribution in [-0.2, 0) is 16.0 Å². The van der Waals surface area contributed by atoms with Crippen molar-refractivity contribution in [2.45, 2.75) is 45.8 Å². The van der Waals surface area contributed by atoms with Crippen LogP contribution >= 0.6 is 11.6 Å². The molecule has 0 spiro atoms. The van der Waals surface area contributed by atoms with E-state index in [1.54, 1.807) is 30.5 Å². The van der Waals surface area contributed by atoms with Gasteiger partial charge in [0.2, 0.25) is 0 Å². The molecule has 1 saturated heterocycles. The summed E-state index contributed by atoms with van der Waals surface area (Å²) in [7, 11) is 0. The van der Waals surface area contributed by atoms with E-state index in [9.17, 15) is 9.59 Å². The predicted molar refractivity (Wildman–Crippen MR) is 146 cm³/mol. The lowest BCUT2D eigenvalue weighted by Crippen LogP contribution is -2.32. The minimum Gasteiger partial charge on any atom is -0.457 e. The molecule has 2 aromatic carbocycles. The highest BCUT2D eigenvalue weighted by Crippen LogP contribution is 2.24. The van der Waals surface area contributed by atoms with Gasteiger partial charge in [-0.3, -0.25) is 4.79 Å². The first-order valence-electron chi connectivity index (χ1n) is 12.6. The van der Waals surface area contributed by atoms with Crippen molar-refractivity contribution in [2.75, 3.05) is 25.1 Å². The Hall–Kier alpha value is -3.56. The molecule has 2 N–H and O–H groups in total. The molecule has 1 aromatic heterocycles. The number of nitrogens with zero attached hydrogens (tertiary/aromatic N) is 2. The van der Waals surface area contributed by atoms with Crippen LogP contribution in [0.1, 0.15) is 39.2 Å². The summed E-state index contributed by atoms with van der Waals surface area (Å²) >= 11 is 6.36. The number of carbonyl (C=O) groups is 1. The topological polar surface area (TPSA) is 104 Å². The highest BCUT2D eigenvalue weighted by atomic mass is 35.5. The first kappa shape index (κ1) is 27.5. The van der Waals surface area contributed by atoms with Crippen molar-refractivity contribution in [1.82, 2.24) is 15.1 Å². The molecule has 38 heavy (non-hydrogen) atoms. The van der Waals surface area contributed by atoms with Crippen LogP contribution in [0.2, 0.25) is 5.02 Å². The van der Waals surface area contributed by atoms with E-state index in [1.165, 1.54) is 4.68 Å². The van der Waals surface area contributed by atoms with Gasteiger partial charge in [-0.1, -0.05) is 23.7 Å². The molecule has 3 aromatic rings. The molecule has 0 radical (unpaired) electrons. The third-order valence-electron chi connectivity index (χ3n) is 5.83. The summed E-state index contributed by atoms with van der Waals surface area (Å²) in [6.45, 7) is 7.99. The molecule has 202 valence electrons. The Kier molecular flexibility index (Phi) is 8.91. The SMILES string of the molecule is CC(C)(C)OC(=O)NCc1ccc(Oc2ccc(-n3ncc(NC[C@H]4CCCOC4)c(Cl)c3=O)cc2)cc1. The first-order valence-corrected chi connectivity index (χ1v) is 13.0. The van der Waals surface area contributed by atoms with Crippen molar-refractivity contribution in [3.05, 3.63) is 75.7 Å². The Balaban J connectivity index is 1.33. The van der Waals surface area contributed by atoms with E-state index >= 15 is 0 Å². The number of hydrogen-bond donors (Lipinski definition) is 2. The van der Waals surface area contributed by atoms with Gasteiger partial charge in [0.15, 0.2) is 0 Å². The number of halogens is 1. The Morgan fingerprint density at radius 1 is 1.13 bits per heavy atom. The van der Waals surface area contributed by atoms with E-state index in [4.69, 9.17) is 25.8 Å². The number of hydrogen-bond acceptors (Lipinski definition) is 7. The van der Waals surface area contributed by atoms with E-state index in [2.05, 4.69) is 15.7 Å². The fourth-order valence-electron chi connectivity index (χ4n) is 3.92. The summed E-state index contributed by atoms with van der Waals surface area (Å²) in [5.74, 6) is 1.62. The fraction of sp³-hybridized carbons (Fsp3) is 0.393. The van der Waals surface area contributed by atoms with E-state index in [0.29, 0.717) is 48.5 Å². The van der Waals surface area contributed by atoms with E-state index in [0.717, 1.165) is 25.0 Å². The second kappa shape index (κ2) is 12.3. The van der Waals surface area contributed by atoms with E-state index in [-0.39, 0.29) is 5.02 Å². The van der Waals surface area contributed by atoms with Gasteiger partial charge in [-0.25, -0.2) is 4.79 Å². The lowest BCUT2D eigenvalue weighted by Gasteiger charge is -2.22. The van der Waals surface area contributed by atoms with Gasteiger partial charge in [-0.2, -0.15) is 9.78 Å². The number of amides is 1. The van der Waals surface area contributed by atoms with Crippen molar-refractivity contribution < 1.29 is 19.0 Å². The number of carbonyl (C=O) groups excluding carboxylic acids is 1. The smallest absolute Gasteiger partial charge is 0.407 e. The maximum absolute atomic E-state index is 12.9. The lowest BCUT2D eigenvalue weighted by atomic mass is 10.0. The van der Waals surface area contributed by atoms with E-state index < -0.39 is 17.3 Å². The molecule has 2 heterocycles. The Bertz CT molecular complexity index is 1280. The Labute approximate surface area is 227 Å². The number of aromatic nitrogens is 2. The maximum atomic E-state index is 12.9. The number of benzene rings is 2. The normalized spacial score (nSPS) is 15.5. The number of anilines is 1. The van der Waals surface area contributed by atoms with Gasteiger partial charge in [-0.05, 0) is 81.5 Å². The molecule has 1 amide bonds. The van der Waals surface area contributed by atoms with Crippen molar-refractivity contribution >= 4 is 23.4 Å². The second-order valence-electron chi connectivity index (χ2n) is 10.1. The molecule has 1 fully saturated rings. The van der Waals surface area contributed by atoms with Gasteiger partial charge in [0.05, 0.1) is 24.2 Å². The molecule has 0 unspecified atom stereocenters. The van der Waals surface area contributed by atoms with Crippen LogP contribution in [0.4, 0.5) is 10.5 Å². The largest absolute Gasteiger partial charge is 0.457 e. The molecule has 10 heteroatoms. The molecular formula is C28H33ClN4O5. The van der Waals surface area contributed by atoms with Gasteiger partial charge < -0.3 is 24.8 Å². The minimum atomic E-state index is -0.543. The summed E-state index contributed by atoms with van der Waals surface area (Å²) in [4.78, 5) is 24.7. The molecule has 0 saturated carbocycles. The molecule has 0 bridgehead atoms. The number of nitrogens with one attached hydrogen (secondary N) is 2. The lowest BCUT2D eigenvalue weighted by molar-refractivity contribution is 0.0523. The molecule has 1 aliphatic rings. The molecule has 9 nitrogen and oxygen atoms in total. The third-order valence-corrected chi connectivity index (χ3v) is 6.20. The van der Waals surface area contributed by atoms with Crippen molar-refractivity contribution in [3.8, 4) is 17.2 Å². The summed E-state index contributed by atoms with van der Waals surface area (Å²) < 4.78 is 17.9. The first-order chi connectivity index (χ1) is 18.2.